The van der Waals surface area contributed by atoms with Crippen LogP contribution in [0.15, 0.2) is 11.8 Å². The molecule has 0 aromatic rings. The summed E-state index contributed by atoms with van der Waals surface area (Å²) in [5, 5.41) is 9.22. The van der Waals surface area contributed by atoms with E-state index in [1.807, 2.05) is 16.7 Å². The lowest BCUT2D eigenvalue weighted by Gasteiger charge is -2.26. The largest absolute Gasteiger partial charge is 0.481 e. The Bertz CT molecular complexity index is 433. The van der Waals surface area contributed by atoms with Crippen LogP contribution in [-0.4, -0.2) is 53.0 Å². The number of amides is 1. The fourth-order valence-corrected chi connectivity index (χ4v) is 3.08. The second-order valence-corrected chi connectivity index (χ2v) is 6.05. The van der Waals surface area contributed by atoms with Gasteiger partial charge in [0.05, 0.1) is 12.0 Å². The molecule has 1 atom stereocenters. The average molecular weight is 280 g/mol. The van der Waals surface area contributed by atoms with Gasteiger partial charge in [0.25, 0.3) is 0 Å². The Balaban J connectivity index is 1.93. The van der Waals surface area contributed by atoms with Crippen LogP contribution in [0.25, 0.3) is 0 Å². The van der Waals surface area contributed by atoms with Crippen molar-refractivity contribution < 1.29 is 14.7 Å². The van der Waals surface area contributed by atoms with Gasteiger partial charge in [0.2, 0.25) is 5.91 Å². The van der Waals surface area contributed by atoms with Crippen LogP contribution in [0.5, 0.6) is 0 Å². The van der Waals surface area contributed by atoms with Crippen LogP contribution in [0.2, 0.25) is 0 Å². The first kappa shape index (κ1) is 15.0. The Kier molecular flexibility index (Phi) is 4.48. The number of hydrogen-bond acceptors (Lipinski definition) is 3. The summed E-state index contributed by atoms with van der Waals surface area (Å²) in [7, 11) is 0. The van der Waals surface area contributed by atoms with Crippen molar-refractivity contribution in [1.29, 1.82) is 0 Å². The highest BCUT2D eigenvalue weighted by molar-refractivity contribution is 5.80. The van der Waals surface area contributed by atoms with Gasteiger partial charge in [-0.15, -0.1) is 0 Å². The van der Waals surface area contributed by atoms with Gasteiger partial charge in [0, 0.05) is 18.8 Å². The monoisotopic (exact) mass is 280 g/mol. The number of aliphatic carboxylic acids is 1. The molecule has 0 saturated carbocycles. The number of likely N-dealkylation sites (N-methyl/N-ethyl adjacent to an activating group) is 1. The number of likely N-dealkylation sites (tertiary alicyclic amines) is 1. The molecule has 1 N–H and O–H groups in total. The summed E-state index contributed by atoms with van der Waals surface area (Å²) < 4.78 is 0. The number of allylic oxidation sites excluding steroid dienone is 2. The molecule has 1 heterocycles. The molecule has 1 aliphatic heterocycles. The van der Waals surface area contributed by atoms with Crippen molar-refractivity contribution in [3.63, 3.8) is 0 Å². The molecule has 2 rings (SSSR count). The van der Waals surface area contributed by atoms with Gasteiger partial charge in [0.15, 0.2) is 0 Å². The van der Waals surface area contributed by atoms with Crippen molar-refractivity contribution in [2.45, 2.75) is 39.5 Å². The van der Waals surface area contributed by atoms with Crippen molar-refractivity contribution in [3.05, 3.63) is 11.8 Å². The zero-order valence-corrected chi connectivity index (χ0v) is 12.4. The summed E-state index contributed by atoms with van der Waals surface area (Å²) in [6, 6.07) is 0. The number of carboxylic acids is 1. The van der Waals surface area contributed by atoms with Gasteiger partial charge in [-0.1, -0.05) is 6.08 Å². The molecule has 2 aliphatic rings. The van der Waals surface area contributed by atoms with E-state index in [0.717, 1.165) is 25.0 Å². The van der Waals surface area contributed by atoms with E-state index in [0.29, 0.717) is 32.6 Å². The van der Waals surface area contributed by atoms with E-state index in [2.05, 4.69) is 6.08 Å². The Morgan fingerprint density at radius 1 is 1.50 bits per heavy atom. The predicted molar refractivity (Wildman–Crippen MR) is 76.1 cm³/mol. The lowest BCUT2D eigenvalue weighted by atomic mass is 9.90. The minimum absolute atomic E-state index is 0.0929. The molecule has 0 aromatic heterocycles. The van der Waals surface area contributed by atoms with E-state index in [4.69, 9.17) is 0 Å². The third kappa shape index (κ3) is 3.03. The number of hydrogen-bond donors (Lipinski definition) is 1. The summed E-state index contributed by atoms with van der Waals surface area (Å²) in [5.74, 6) is -0.673. The standard InChI is InChI=1S/C15H24N2O3/c1-3-17(12-6-4-5-7-12)13(18)10-16-9-8-15(2,11-16)14(19)20/h6H,3-5,7-11H2,1-2H3,(H,19,20). The quantitative estimate of drug-likeness (QED) is 0.832. The Morgan fingerprint density at radius 2 is 2.25 bits per heavy atom. The minimum atomic E-state index is -0.765. The SMILES string of the molecule is CCN(C(=O)CN1CCC(C)(C(=O)O)C1)C1=CCCC1. The highest BCUT2D eigenvalue weighted by atomic mass is 16.4. The molecule has 0 bridgehead atoms. The molecule has 1 fully saturated rings. The smallest absolute Gasteiger partial charge is 0.310 e. The first-order valence-corrected chi connectivity index (χ1v) is 7.41. The van der Waals surface area contributed by atoms with Crippen LogP contribution < -0.4 is 0 Å². The molecule has 0 aromatic carbocycles. The summed E-state index contributed by atoms with van der Waals surface area (Å²) in [6.07, 6.45) is 5.92. The molecule has 1 aliphatic carbocycles. The Labute approximate surface area is 120 Å². The van der Waals surface area contributed by atoms with E-state index in [9.17, 15) is 14.7 Å². The predicted octanol–water partition coefficient (Wildman–Crippen LogP) is 1.70. The number of carbonyl (C=O) groups is 2. The summed E-state index contributed by atoms with van der Waals surface area (Å²) >= 11 is 0. The molecule has 0 radical (unpaired) electrons. The molecule has 1 saturated heterocycles. The topological polar surface area (TPSA) is 60.9 Å². The first-order valence-electron chi connectivity index (χ1n) is 7.41. The molecular weight excluding hydrogens is 256 g/mol. The van der Waals surface area contributed by atoms with Crippen molar-refractivity contribution in [1.82, 2.24) is 9.80 Å². The van der Waals surface area contributed by atoms with Crippen LogP contribution in [0.4, 0.5) is 0 Å². The fourth-order valence-electron chi connectivity index (χ4n) is 3.08. The second kappa shape index (κ2) is 5.95. The third-order valence-corrected chi connectivity index (χ3v) is 4.41. The van der Waals surface area contributed by atoms with Crippen LogP contribution in [0.1, 0.15) is 39.5 Å². The third-order valence-electron chi connectivity index (χ3n) is 4.41. The maximum Gasteiger partial charge on any atom is 0.310 e. The van der Waals surface area contributed by atoms with Crippen LogP contribution >= 0.6 is 0 Å². The minimum Gasteiger partial charge on any atom is -0.481 e. The summed E-state index contributed by atoms with van der Waals surface area (Å²) in [4.78, 5) is 27.4. The highest BCUT2D eigenvalue weighted by Crippen LogP contribution is 2.30. The van der Waals surface area contributed by atoms with Gasteiger partial charge in [-0.05, 0) is 46.1 Å². The lowest BCUT2D eigenvalue weighted by molar-refractivity contribution is -0.147. The van der Waals surface area contributed by atoms with Crippen LogP contribution in [0, 0.1) is 5.41 Å². The van der Waals surface area contributed by atoms with Crippen molar-refractivity contribution >= 4 is 11.9 Å². The van der Waals surface area contributed by atoms with Gasteiger partial charge in [-0.3, -0.25) is 14.5 Å². The lowest BCUT2D eigenvalue weighted by Crippen LogP contribution is -2.40. The van der Waals surface area contributed by atoms with Crippen molar-refractivity contribution in [2.24, 2.45) is 5.41 Å². The highest BCUT2D eigenvalue weighted by Gasteiger charge is 2.41. The number of nitrogens with zero attached hydrogens (tertiary/aromatic N) is 2. The average Bonchev–Trinajstić information content (AvgIpc) is 3.01. The van der Waals surface area contributed by atoms with Crippen molar-refractivity contribution in [2.75, 3.05) is 26.2 Å². The molecule has 5 nitrogen and oxygen atoms in total. The molecule has 1 unspecified atom stereocenters. The number of carboxylic acid groups (broad SMARTS) is 1. The summed E-state index contributed by atoms with van der Waals surface area (Å²) in [6.45, 7) is 5.91. The molecule has 0 spiro atoms. The maximum absolute atomic E-state index is 12.4. The maximum atomic E-state index is 12.4. The Morgan fingerprint density at radius 3 is 2.75 bits per heavy atom. The normalized spacial score (nSPS) is 26.6. The van der Waals surface area contributed by atoms with E-state index in [-0.39, 0.29) is 5.91 Å². The second-order valence-electron chi connectivity index (χ2n) is 6.05. The van der Waals surface area contributed by atoms with Crippen molar-refractivity contribution in [3.8, 4) is 0 Å². The van der Waals surface area contributed by atoms with Crippen LogP contribution in [-0.2, 0) is 9.59 Å². The molecule has 20 heavy (non-hydrogen) atoms. The van der Waals surface area contributed by atoms with E-state index < -0.39 is 11.4 Å². The Hall–Kier alpha value is -1.36. The van der Waals surface area contributed by atoms with Gasteiger partial charge < -0.3 is 10.0 Å². The van der Waals surface area contributed by atoms with E-state index in [1.54, 1.807) is 6.92 Å². The molecule has 112 valence electrons. The fraction of sp³-hybridized carbons (Fsp3) is 0.733. The van der Waals surface area contributed by atoms with Crippen LogP contribution in [0.3, 0.4) is 0 Å². The number of carbonyl (C=O) groups excluding carboxylic acids is 1. The van der Waals surface area contributed by atoms with Gasteiger partial charge in [-0.25, -0.2) is 0 Å². The zero-order chi connectivity index (χ0) is 14.8. The van der Waals surface area contributed by atoms with Gasteiger partial charge in [0.1, 0.15) is 0 Å². The summed E-state index contributed by atoms with van der Waals surface area (Å²) in [5.41, 5.74) is 0.432. The van der Waals surface area contributed by atoms with E-state index in [1.165, 1.54) is 0 Å². The molecule has 1 amide bonds. The zero-order valence-electron chi connectivity index (χ0n) is 12.4. The molecular formula is C15H24N2O3. The number of rotatable bonds is 5. The first-order chi connectivity index (χ1) is 9.46. The molecule has 5 heteroatoms. The van der Waals surface area contributed by atoms with Gasteiger partial charge >= 0.3 is 5.97 Å². The van der Waals surface area contributed by atoms with Gasteiger partial charge in [-0.2, -0.15) is 0 Å². The van der Waals surface area contributed by atoms with E-state index >= 15 is 0 Å².